The first kappa shape index (κ1) is 18.2. The second kappa shape index (κ2) is 7.46. The average Bonchev–Trinajstić information content (AvgIpc) is 2.42. The van der Waals surface area contributed by atoms with E-state index in [1.807, 2.05) is 0 Å². The van der Waals surface area contributed by atoms with E-state index in [1.165, 1.54) is 12.1 Å². The second-order valence-electron chi connectivity index (χ2n) is 5.60. The first-order valence-electron chi connectivity index (χ1n) is 6.88. The Kier molecular flexibility index (Phi) is 6.19. The van der Waals surface area contributed by atoms with Crippen molar-refractivity contribution in [1.82, 2.24) is 10.0 Å². The Bertz CT molecular complexity index is 592. The molecule has 124 valence electrons. The van der Waals surface area contributed by atoms with Crippen LogP contribution in [-0.4, -0.2) is 40.2 Å². The van der Waals surface area contributed by atoms with Crippen molar-refractivity contribution in [2.75, 3.05) is 25.5 Å². The first-order chi connectivity index (χ1) is 10.1. The van der Waals surface area contributed by atoms with Gasteiger partial charge in [0, 0.05) is 25.8 Å². The molecule has 0 atom stereocenters. The van der Waals surface area contributed by atoms with Gasteiger partial charge in [-0.25, -0.2) is 17.9 Å². The van der Waals surface area contributed by atoms with E-state index in [0.717, 1.165) is 5.69 Å². The van der Waals surface area contributed by atoms with Crippen LogP contribution in [0.5, 0.6) is 0 Å². The minimum absolute atomic E-state index is 0.0787. The van der Waals surface area contributed by atoms with Crippen LogP contribution in [0.4, 0.5) is 10.5 Å². The number of ether oxygens (including phenoxy) is 1. The van der Waals surface area contributed by atoms with Crippen molar-refractivity contribution in [3.05, 3.63) is 24.3 Å². The SMILES string of the molecule is CNc1ccc(S(=O)(=O)NCCNC(=O)OC(C)(C)C)cc1. The summed E-state index contributed by atoms with van der Waals surface area (Å²) in [5.74, 6) is 0. The summed E-state index contributed by atoms with van der Waals surface area (Å²) in [6, 6.07) is 6.37. The van der Waals surface area contributed by atoms with Crippen LogP contribution in [0.2, 0.25) is 0 Å². The second-order valence-corrected chi connectivity index (χ2v) is 7.37. The monoisotopic (exact) mass is 329 g/mol. The number of rotatable bonds is 6. The van der Waals surface area contributed by atoms with Gasteiger partial charge in [-0.3, -0.25) is 0 Å². The molecule has 0 aromatic heterocycles. The van der Waals surface area contributed by atoms with Crippen molar-refractivity contribution in [2.24, 2.45) is 0 Å². The van der Waals surface area contributed by atoms with E-state index in [0.29, 0.717) is 0 Å². The van der Waals surface area contributed by atoms with E-state index in [9.17, 15) is 13.2 Å². The highest BCUT2D eigenvalue weighted by Gasteiger charge is 2.16. The van der Waals surface area contributed by atoms with Gasteiger partial charge in [0.05, 0.1) is 4.90 Å². The summed E-state index contributed by atoms with van der Waals surface area (Å²) >= 11 is 0. The third-order valence-corrected chi connectivity index (χ3v) is 4.02. The quantitative estimate of drug-likeness (QED) is 0.688. The average molecular weight is 329 g/mol. The van der Waals surface area contributed by atoms with Crippen molar-refractivity contribution >= 4 is 21.8 Å². The van der Waals surface area contributed by atoms with Gasteiger partial charge in [0.1, 0.15) is 5.60 Å². The topological polar surface area (TPSA) is 96.5 Å². The fourth-order valence-corrected chi connectivity index (χ4v) is 2.58. The van der Waals surface area contributed by atoms with Crippen LogP contribution in [0.3, 0.4) is 0 Å². The molecular formula is C14H23N3O4S. The molecule has 7 nitrogen and oxygen atoms in total. The zero-order valence-electron chi connectivity index (χ0n) is 13.3. The molecule has 0 fully saturated rings. The number of hydrogen-bond donors (Lipinski definition) is 3. The van der Waals surface area contributed by atoms with Gasteiger partial charge >= 0.3 is 6.09 Å². The Morgan fingerprint density at radius 1 is 1.14 bits per heavy atom. The zero-order chi connectivity index (χ0) is 16.8. The molecule has 1 amide bonds. The van der Waals surface area contributed by atoms with Crippen molar-refractivity contribution in [3.8, 4) is 0 Å². The maximum Gasteiger partial charge on any atom is 0.407 e. The Balaban J connectivity index is 2.44. The van der Waals surface area contributed by atoms with Crippen LogP contribution < -0.4 is 15.4 Å². The third-order valence-electron chi connectivity index (χ3n) is 2.54. The van der Waals surface area contributed by atoms with Gasteiger partial charge in [0.15, 0.2) is 0 Å². The Hall–Kier alpha value is -1.80. The Labute approximate surface area is 131 Å². The number of nitrogens with one attached hydrogen (secondary N) is 3. The van der Waals surface area contributed by atoms with Gasteiger partial charge in [-0.15, -0.1) is 0 Å². The van der Waals surface area contributed by atoms with E-state index in [-0.39, 0.29) is 18.0 Å². The summed E-state index contributed by atoms with van der Waals surface area (Å²) in [7, 11) is -1.83. The minimum atomic E-state index is -3.59. The highest BCUT2D eigenvalue weighted by molar-refractivity contribution is 7.89. The van der Waals surface area contributed by atoms with Gasteiger partial charge in [0.25, 0.3) is 0 Å². The maximum absolute atomic E-state index is 12.0. The fraction of sp³-hybridized carbons (Fsp3) is 0.500. The normalized spacial score (nSPS) is 11.8. The molecule has 0 heterocycles. The highest BCUT2D eigenvalue weighted by Crippen LogP contribution is 2.13. The first-order valence-corrected chi connectivity index (χ1v) is 8.37. The summed E-state index contributed by atoms with van der Waals surface area (Å²) in [4.78, 5) is 11.6. The molecule has 1 aromatic rings. The summed E-state index contributed by atoms with van der Waals surface area (Å²) in [5, 5.41) is 5.40. The molecule has 0 spiro atoms. The zero-order valence-corrected chi connectivity index (χ0v) is 14.1. The lowest BCUT2D eigenvalue weighted by atomic mass is 10.2. The molecule has 0 aliphatic rings. The molecule has 1 rings (SSSR count). The number of sulfonamides is 1. The van der Waals surface area contributed by atoms with Crippen molar-refractivity contribution in [1.29, 1.82) is 0 Å². The lowest BCUT2D eigenvalue weighted by Crippen LogP contribution is -2.37. The van der Waals surface area contributed by atoms with E-state index in [4.69, 9.17) is 4.74 Å². The standard InChI is InChI=1S/C14H23N3O4S/c1-14(2,3)21-13(18)16-9-10-17-22(19,20)12-7-5-11(15-4)6-8-12/h5-8,15,17H,9-10H2,1-4H3,(H,16,18). The molecule has 3 N–H and O–H groups in total. The highest BCUT2D eigenvalue weighted by atomic mass is 32.2. The van der Waals surface area contributed by atoms with E-state index in [1.54, 1.807) is 40.0 Å². The number of benzene rings is 1. The molecule has 0 aliphatic carbocycles. The van der Waals surface area contributed by atoms with E-state index in [2.05, 4.69) is 15.4 Å². The Morgan fingerprint density at radius 2 is 1.73 bits per heavy atom. The fourth-order valence-electron chi connectivity index (χ4n) is 1.55. The number of hydrogen-bond acceptors (Lipinski definition) is 5. The molecule has 0 unspecified atom stereocenters. The molecule has 8 heteroatoms. The van der Waals surface area contributed by atoms with Gasteiger partial charge in [-0.05, 0) is 45.0 Å². The lowest BCUT2D eigenvalue weighted by molar-refractivity contribution is 0.0529. The number of alkyl carbamates (subject to hydrolysis) is 1. The molecule has 0 aliphatic heterocycles. The lowest BCUT2D eigenvalue weighted by Gasteiger charge is -2.19. The smallest absolute Gasteiger partial charge is 0.407 e. The van der Waals surface area contributed by atoms with Crippen LogP contribution in [-0.2, 0) is 14.8 Å². The molecule has 22 heavy (non-hydrogen) atoms. The van der Waals surface area contributed by atoms with Crippen molar-refractivity contribution in [2.45, 2.75) is 31.3 Å². The van der Waals surface area contributed by atoms with Crippen molar-refractivity contribution < 1.29 is 17.9 Å². The largest absolute Gasteiger partial charge is 0.444 e. The number of anilines is 1. The van der Waals surface area contributed by atoms with Gasteiger partial charge in [0.2, 0.25) is 10.0 Å². The maximum atomic E-state index is 12.0. The number of carbonyl (C=O) groups excluding carboxylic acids is 1. The third kappa shape index (κ3) is 6.31. The van der Waals surface area contributed by atoms with Gasteiger partial charge in [-0.2, -0.15) is 0 Å². The van der Waals surface area contributed by atoms with Crippen LogP contribution >= 0.6 is 0 Å². The van der Waals surface area contributed by atoms with Gasteiger partial charge < -0.3 is 15.4 Å². The molecule has 0 bridgehead atoms. The predicted molar refractivity (Wildman–Crippen MR) is 85.4 cm³/mol. The van der Waals surface area contributed by atoms with Gasteiger partial charge in [-0.1, -0.05) is 0 Å². The summed E-state index contributed by atoms with van der Waals surface area (Å²) in [6.45, 7) is 5.48. The predicted octanol–water partition coefficient (Wildman–Crippen LogP) is 1.53. The molecule has 0 saturated carbocycles. The van der Waals surface area contributed by atoms with Crippen LogP contribution in [0, 0.1) is 0 Å². The molecule has 0 saturated heterocycles. The molecular weight excluding hydrogens is 306 g/mol. The minimum Gasteiger partial charge on any atom is -0.444 e. The molecule has 1 aromatic carbocycles. The van der Waals surface area contributed by atoms with Crippen LogP contribution in [0.1, 0.15) is 20.8 Å². The summed E-state index contributed by atoms with van der Waals surface area (Å²) in [5.41, 5.74) is 0.240. The van der Waals surface area contributed by atoms with E-state index < -0.39 is 21.7 Å². The molecule has 0 radical (unpaired) electrons. The van der Waals surface area contributed by atoms with Crippen molar-refractivity contribution in [3.63, 3.8) is 0 Å². The van der Waals surface area contributed by atoms with E-state index >= 15 is 0 Å². The number of carbonyl (C=O) groups is 1. The van der Waals surface area contributed by atoms with Crippen LogP contribution in [0.25, 0.3) is 0 Å². The summed E-state index contributed by atoms with van der Waals surface area (Å²) < 4.78 is 31.5. The van der Waals surface area contributed by atoms with Crippen LogP contribution in [0.15, 0.2) is 29.2 Å². The Morgan fingerprint density at radius 3 is 2.23 bits per heavy atom. The number of amides is 1. The summed E-state index contributed by atoms with van der Waals surface area (Å²) in [6.07, 6.45) is -0.579.